The molecule has 9 aromatic carbocycles. The first-order valence-corrected chi connectivity index (χ1v) is 20.7. The molecular formula is C57H35N3O2. The molecule has 12 aromatic rings. The third-order valence-corrected chi connectivity index (χ3v) is 11.8. The molecule has 0 atom stereocenters. The lowest BCUT2D eigenvalue weighted by Gasteiger charge is -2.11. The molecule has 0 aliphatic carbocycles. The van der Waals surface area contributed by atoms with Gasteiger partial charge in [0, 0.05) is 38.2 Å². The summed E-state index contributed by atoms with van der Waals surface area (Å²) >= 11 is 0. The molecule has 0 N–H and O–H groups in total. The molecule has 3 heterocycles. The van der Waals surface area contributed by atoms with Crippen LogP contribution in [0.3, 0.4) is 0 Å². The third kappa shape index (κ3) is 6.40. The fourth-order valence-electron chi connectivity index (χ4n) is 8.54. The number of nitrogens with zero attached hydrogens (tertiary/aromatic N) is 3. The van der Waals surface area contributed by atoms with Gasteiger partial charge in [0.25, 0.3) is 0 Å². The van der Waals surface area contributed by atoms with E-state index in [1.54, 1.807) is 0 Å². The van der Waals surface area contributed by atoms with E-state index < -0.39 is 0 Å². The quantitative estimate of drug-likeness (QED) is 0.161. The van der Waals surface area contributed by atoms with Crippen LogP contribution in [0.2, 0.25) is 0 Å². The van der Waals surface area contributed by atoms with Crippen molar-refractivity contribution in [1.29, 1.82) is 0 Å². The molecule has 0 spiro atoms. The Morgan fingerprint density at radius 1 is 0.210 bits per heavy atom. The molecule has 0 fully saturated rings. The second-order valence-electron chi connectivity index (χ2n) is 15.6. The van der Waals surface area contributed by atoms with Crippen molar-refractivity contribution >= 4 is 43.9 Å². The lowest BCUT2D eigenvalue weighted by molar-refractivity contribution is 0.664. The van der Waals surface area contributed by atoms with Gasteiger partial charge in [0.15, 0.2) is 17.5 Å². The first-order valence-electron chi connectivity index (χ1n) is 20.7. The van der Waals surface area contributed by atoms with Crippen molar-refractivity contribution in [2.75, 3.05) is 0 Å². The van der Waals surface area contributed by atoms with E-state index in [9.17, 15) is 0 Å². The third-order valence-electron chi connectivity index (χ3n) is 11.8. The SMILES string of the molecule is c1ccc(-c2ccc(-c3nc(-c4ccc(-c5ccccc5)cc4)nc(-c4cccc(-c5cccc(-c6ccc7oc8cc9c(cc8c7c6)oc6ccccc69)c5)c4)n3)cc2)cc1. The minimum Gasteiger partial charge on any atom is -0.456 e. The molecule has 0 radical (unpaired) electrons. The first-order chi connectivity index (χ1) is 30.7. The molecule has 0 saturated carbocycles. The van der Waals surface area contributed by atoms with Crippen LogP contribution in [0.5, 0.6) is 0 Å². The number of fused-ring (bicyclic) bond motifs is 6. The van der Waals surface area contributed by atoms with Crippen LogP contribution in [0, 0.1) is 0 Å². The predicted molar refractivity (Wildman–Crippen MR) is 252 cm³/mol. The Balaban J connectivity index is 0.912. The fourth-order valence-corrected chi connectivity index (χ4v) is 8.54. The van der Waals surface area contributed by atoms with Gasteiger partial charge in [-0.2, -0.15) is 0 Å². The lowest BCUT2D eigenvalue weighted by Crippen LogP contribution is -2.00. The van der Waals surface area contributed by atoms with Crippen molar-refractivity contribution in [3.8, 4) is 78.7 Å². The maximum absolute atomic E-state index is 6.38. The van der Waals surface area contributed by atoms with Gasteiger partial charge in [-0.15, -0.1) is 0 Å². The van der Waals surface area contributed by atoms with Gasteiger partial charge in [0.1, 0.15) is 22.3 Å². The zero-order valence-corrected chi connectivity index (χ0v) is 33.4. The van der Waals surface area contributed by atoms with Gasteiger partial charge >= 0.3 is 0 Å². The molecule has 62 heavy (non-hydrogen) atoms. The summed E-state index contributed by atoms with van der Waals surface area (Å²) in [6.45, 7) is 0. The Hall–Kier alpha value is -8.41. The Labute approximate surface area is 357 Å². The van der Waals surface area contributed by atoms with E-state index in [0.29, 0.717) is 17.5 Å². The number of furan rings is 2. The maximum Gasteiger partial charge on any atom is 0.164 e. The van der Waals surface area contributed by atoms with Gasteiger partial charge in [-0.05, 0) is 87.0 Å². The molecule has 290 valence electrons. The van der Waals surface area contributed by atoms with Gasteiger partial charge < -0.3 is 8.83 Å². The highest BCUT2D eigenvalue weighted by atomic mass is 16.3. The van der Waals surface area contributed by atoms with Crippen LogP contribution in [-0.4, -0.2) is 15.0 Å². The summed E-state index contributed by atoms with van der Waals surface area (Å²) in [6.07, 6.45) is 0. The van der Waals surface area contributed by atoms with E-state index in [1.165, 1.54) is 0 Å². The monoisotopic (exact) mass is 793 g/mol. The maximum atomic E-state index is 6.38. The van der Waals surface area contributed by atoms with Gasteiger partial charge in [0.05, 0.1) is 0 Å². The molecule has 0 aliphatic heterocycles. The predicted octanol–water partition coefficient (Wildman–Crippen LogP) is 15.3. The molecular weight excluding hydrogens is 759 g/mol. The van der Waals surface area contributed by atoms with E-state index >= 15 is 0 Å². The molecule has 5 heteroatoms. The van der Waals surface area contributed by atoms with E-state index in [2.05, 4.69) is 182 Å². The van der Waals surface area contributed by atoms with Crippen LogP contribution in [0.1, 0.15) is 0 Å². The Kier molecular flexibility index (Phi) is 8.42. The van der Waals surface area contributed by atoms with E-state index in [1.807, 2.05) is 30.3 Å². The van der Waals surface area contributed by atoms with Crippen molar-refractivity contribution in [3.05, 3.63) is 212 Å². The standard InChI is InChI=1S/C57H35N3O2/c1-3-11-36(12-4-1)38-21-25-40(26-22-38)55-58-56(41-27-23-39(24-28-41)37-13-5-2-6-14-37)60-57(59-55)46-18-10-17-44(32-46)42-15-9-16-43(31-42)45-29-30-52-48(33-45)50-35-53-49(34-54(50)62-52)47-19-7-8-20-51(47)61-53/h1-35H. The summed E-state index contributed by atoms with van der Waals surface area (Å²) in [4.78, 5) is 15.3. The van der Waals surface area contributed by atoms with E-state index in [4.69, 9.17) is 23.8 Å². The zero-order valence-electron chi connectivity index (χ0n) is 33.4. The normalized spacial score (nSPS) is 11.5. The van der Waals surface area contributed by atoms with Gasteiger partial charge in [-0.1, -0.05) is 170 Å². The molecule has 5 nitrogen and oxygen atoms in total. The van der Waals surface area contributed by atoms with Crippen LogP contribution in [0.4, 0.5) is 0 Å². The van der Waals surface area contributed by atoms with Crippen molar-refractivity contribution in [3.63, 3.8) is 0 Å². The molecule has 0 bridgehead atoms. The van der Waals surface area contributed by atoms with Gasteiger partial charge in [-0.3, -0.25) is 0 Å². The number of para-hydroxylation sites is 1. The summed E-state index contributed by atoms with van der Waals surface area (Å²) in [7, 11) is 0. The average Bonchev–Trinajstić information content (AvgIpc) is 3.90. The minimum absolute atomic E-state index is 0.609. The van der Waals surface area contributed by atoms with E-state index in [0.717, 1.165) is 105 Å². The van der Waals surface area contributed by atoms with Crippen molar-refractivity contribution in [2.24, 2.45) is 0 Å². The summed E-state index contributed by atoms with van der Waals surface area (Å²) in [5, 5.41) is 4.23. The van der Waals surface area contributed by atoms with Crippen LogP contribution < -0.4 is 0 Å². The van der Waals surface area contributed by atoms with Crippen LogP contribution in [-0.2, 0) is 0 Å². The Morgan fingerprint density at radius 2 is 0.565 bits per heavy atom. The molecule has 0 amide bonds. The van der Waals surface area contributed by atoms with Crippen LogP contribution >= 0.6 is 0 Å². The number of aromatic nitrogens is 3. The molecule has 0 unspecified atom stereocenters. The molecule has 12 rings (SSSR count). The largest absolute Gasteiger partial charge is 0.456 e. The van der Waals surface area contributed by atoms with Crippen LogP contribution in [0.15, 0.2) is 221 Å². The number of rotatable bonds is 7. The first kappa shape index (κ1) is 35.5. The zero-order chi connectivity index (χ0) is 41.0. The summed E-state index contributed by atoms with van der Waals surface area (Å²) in [5.74, 6) is 1.85. The number of hydrogen-bond donors (Lipinski definition) is 0. The van der Waals surface area contributed by atoms with Crippen molar-refractivity contribution < 1.29 is 8.83 Å². The summed E-state index contributed by atoms with van der Waals surface area (Å²) in [6, 6.07) is 73.6. The second-order valence-corrected chi connectivity index (χ2v) is 15.6. The molecule has 3 aromatic heterocycles. The summed E-state index contributed by atoms with van der Waals surface area (Å²) < 4.78 is 12.6. The number of benzene rings is 9. The highest BCUT2D eigenvalue weighted by molar-refractivity contribution is 6.15. The molecule has 0 saturated heterocycles. The Bertz CT molecular complexity index is 3510. The minimum atomic E-state index is 0.609. The summed E-state index contributed by atoms with van der Waals surface area (Å²) in [5.41, 5.74) is 15.1. The fraction of sp³-hybridized carbons (Fsp3) is 0. The van der Waals surface area contributed by atoms with Gasteiger partial charge in [-0.25, -0.2) is 15.0 Å². The van der Waals surface area contributed by atoms with Gasteiger partial charge in [0.2, 0.25) is 0 Å². The van der Waals surface area contributed by atoms with Crippen molar-refractivity contribution in [1.82, 2.24) is 15.0 Å². The van der Waals surface area contributed by atoms with Crippen molar-refractivity contribution in [2.45, 2.75) is 0 Å². The highest BCUT2D eigenvalue weighted by Crippen LogP contribution is 2.39. The topological polar surface area (TPSA) is 65.0 Å². The lowest BCUT2D eigenvalue weighted by atomic mass is 9.97. The molecule has 0 aliphatic rings. The average molecular weight is 794 g/mol. The Morgan fingerprint density at radius 3 is 1.13 bits per heavy atom. The second kappa shape index (κ2) is 14.7. The highest BCUT2D eigenvalue weighted by Gasteiger charge is 2.16. The van der Waals surface area contributed by atoms with Crippen LogP contribution in [0.25, 0.3) is 123 Å². The number of hydrogen-bond acceptors (Lipinski definition) is 5. The van der Waals surface area contributed by atoms with E-state index in [-0.39, 0.29) is 0 Å². The smallest absolute Gasteiger partial charge is 0.164 e.